The zero-order chi connectivity index (χ0) is 37.0. The lowest BCUT2D eigenvalue weighted by molar-refractivity contribution is -0.159. The molecule has 0 spiro atoms. The van der Waals surface area contributed by atoms with Crippen LogP contribution in [0.4, 0.5) is 0 Å². The molecule has 0 bridgehead atoms. The van der Waals surface area contributed by atoms with Gasteiger partial charge in [-0.05, 0) is 33.6 Å². The topological polar surface area (TPSA) is 128 Å². The highest BCUT2D eigenvalue weighted by Gasteiger charge is 2.20. The van der Waals surface area contributed by atoms with Gasteiger partial charge in [-0.25, -0.2) is 9.08 Å². The molecule has 4 atom stereocenters. The van der Waals surface area contributed by atoms with Gasteiger partial charge in [0.25, 0.3) is 0 Å². The lowest BCUT2D eigenvalue weighted by atomic mass is 10.0. The van der Waals surface area contributed by atoms with Gasteiger partial charge in [0.1, 0.15) is 18.7 Å². The summed E-state index contributed by atoms with van der Waals surface area (Å²) < 4.78 is 36.7. The Hall–Kier alpha value is -0.290. The molecule has 8 nitrogen and oxygen atoms in total. The first-order chi connectivity index (χ1) is 23.5. The largest absolute Gasteiger partial charge is 0.397 e. The maximum Gasteiger partial charge on any atom is 0.397 e. The fraction of sp³-hybridized carbons (Fsp3) is 1.00. The Bertz CT molecular complexity index is 730. The van der Waals surface area contributed by atoms with E-state index in [0.29, 0.717) is 0 Å². The predicted octanol–water partition coefficient (Wildman–Crippen LogP) is 11.6. The summed E-state index contributed by atoms with van der Waals surface area (Å²) in [5.74, 6) is 0. The van der Waals surface area contributed by atoms with Gasteiger partial charge in [-0.15, -0.1) is 0 Å². The average Bonchev–Trinajstić information content (AvgIpc) is 3.02. The third kappa shape index (κ3) is 40.3. The number of hydrogen-bond donors (Lipinski definition) is 4. The number of hydrogen-bond acceptors (Lipinski definition) is 7. The maximum atomic E-state index is 11.3. The highest BCUT2D eigenvalue weighted by molar-refractivity contribution is 7.80. The lowest BCUT2D eigenvalue weighted by Gasteiger charge is -2.30. The summed E-state index contributed by atoms with van der Waals surface area (Å²) in [4.78, 5) is 1.17. The molecular weight excluding hydrogens is 639 g/mol. The van der Waals surface area contributed by atoms with Crippen LogP contribution in [0.3, 0.4) is 0 Å². The van der Waals surface area contributed by atoms with E-state index in [4.69, 9.17) is 19.5 Å². The molecule has 0 aliphatic carbocycles. The van der Waals surface area contributed by atoms with Gasteiger partial charge in [0.2, 0.25) is 0 Å². The maximum absolute atomic E-state index is 11.3. The average molecular weight is 724 g/mol. The highest BCUT2D eigenvalue weighted by atomic mass is 32.3. The second-order valence-electron chi connectivity index (χ2n) is 14.6. The van der Waals surface area contributed by atoms with E-state index in [1.54, 1.807) is 0 Å². The third-order valence-corrected chi connectivity index (χ3v) is 10.1. The molecule has 4 unspecified atom stereocenters. The normalized spacial score (nSPS) is 14.4. The number of rotatable bonds is 36. The second kappa shape index (κ2) is 37.5. The zero-order valence-corrected chi connectivity index (χ0v) is 33.9. The standard InChI is InChI=1S/C34H70O4S.C6H15NO3/c1-3-5-7-9-11-13-15-17-19-21-23-25-27-29-31-33-34(38-39(35,36)37)32-30-28-26-24-22-20-18-16-14-12-10-8-6-4-2;1-4(8)7(5(2)9)6(3)10/h34H,3-33H2,1-2H3,(H,35,36,37);4-6,8-10H,1-3H3. The number of unbranched alkanes of at least 4 members (excludes halogenated alkanes) is 27. The van der Waals surface area contributed by atoms with Crippen molar-refractivity contribution in [3.63, 3.8) is 0 Å². The summed E-state index contributed by atoms with van der Waals surface area (Å²) in [6.07, 6.45) is 36.8. The molecule has 0 radical (unpaired) electrons. The molecule has 0 saturated heterocycles. The number of aliphatic hydroxyl groups excluding tert-OH is 3. The van der Waals surface area contributed by atoms with Crippen molar-refractivity contribution < 1.29 is 32.5 Å². The number of nitrogens with zero attached hydrogens (tertiary/aromatic N) is 1. The van der Waals surface area contributed by atoms with Crippen molar-refractivity contribution in [2.24, 2.45) is 0 Å². The van der Waals surface area contributed by atoms with Gasteiger partial charge in [0.15, 0.2) is 0 Å². The van der Waals surface area contributed by atoms with Gasteiger partial charge in [-0.3, -0.25) is 4.55 Å². The lowest BCUT2D eigenvalue weighted by Crippen LogP contribution is -2.45. The predicted molar refractivity (Wildman–Crippen MR) is 208 cm³/mol. The van der Waals surface area contributed by atoms with Crippen molar-refractivity contribution in [1.29, 1.82) is 0 Å². The van der Waals surface area contributed by atoms with Crippen LogP contribution in [0.2, 0.25) is 0 Å². The summed E-state index contributed by atoms with van der Waals surface area (Å²) in [7, 11) is -4.36. The van der Waals surface area contributed by atoms with E-state index < -0.39 is 29.1 Å². The van der Waals surface area contributed by atoms with E-state index in [1.165, 1.54) is 186 Å². The van der Waals surface area contributed by atoms with Crippen LogP contribution in [0.1, 0.15) is 234 Å². The molecule has 4 N–H and O–H groups in total. The van der Waals surface area contributed by atoms with Crippen LogP contribution >= 0.6 is 0 Å². The molecule has 0 aromatic heterocycles. The first kappa shape index (κ1) is 50.8. The van der Waals surface area contributed by atoms with Crippen LogP contribution < -0.4 is 0 Å². The quantitative estimate of drug-likeness (QED) is 0.0286. The van der Waals surface area contributed by atoms with Crippen LogP contribution in [0.15, 0.2) is 0 Å². The Morgan fingerprint density at radius 1 is 0.429 bits per heavy atom. The van der Waals surface area contributed by atoms with E-state index >= 15 is 0 Å². The van der Waals surface area contributed by atoms with Gasteiger partial charge in [-0.1, -0.05) is 200 Å². The molecule has 0 heterocycles. The van der Waals surface area contributed by atoms with E-state index in [1.807, 2.05) is 0 Å². The summed E-state index contributed by atoms with van der Waals surface area (Å²) in [6.45, 7) is 9.00. The highest BCUT2D eigenvalue weighted by Crippen LogP contribution is 2.19. The van der Waals surface area contributed by atoms with Gasteiger partial charge in [-0.2, -0.15) is 8.42 Å². The van der Waals surface area contributed by atoms with Crippen molar-refractivity contribution in [1.82, 2.24) is 4.90 Å². The fourth-order valence-corrected chi connectivity index (χ4v) is 7.20. The Morgan fingerprint density at radius 2 is 0.633 bits per heavy atom. The molecule has 0 aromatic rings. The molecule has 9 heteroatoms. The third-order valence-electron chi connectivity index (χ3n) is 9.56. The summed E-state index contributed by atoms with van der Waals surface area (Å²) in [5.41, 5.74) is 0. The molecule has 0 aromatic carbocycles. The van der Waals surface area contributed by atoms with Gasteiger partial charge in [0, 0.05) is 0 Å². The van der Waals surface area contributed by atoms with Crippen molar-refractivity contribution in [2.75, 3.05) is 0 Å². The molecule has 298 valence electrons. The molecule has 0 saturated carbocycles. The van der Waals surface area contributed by atoms with Crippen molar-refractivity contribution in [2.45, 2.75) is 258 Å². The second-order valence-corrected chi connectivity index (χ2v) is 15.7. The molecule has 0 rings (SSSR count). The van der Waals surface area contributed by atoms with Crippen molar-refractivity contribution in [3.8, 4) is 0 Å². The van der Waals surface area contributed by atoms with Crippen molar-refractivity contribution in [3.05, 3.63) is 0 Å². The SMILES string of the molecule is CC(O)N(C(C)O)C(C)O.CCCCCCCCCCCCCCCCCC(CCCCCCCCCCCCCCCC)OS(=O)(=O)O. The van der Waals surface area contributed by atoms with E-state index in [-0.39, 0.29) is 6.10 Å². The zero-order valence-electron chi connectivity index (χ0n) is 33.1. The first-order valence-electron chi connectivity index (χ1n) is 20.9. The minimum atomic E-state index is -4.36. The minimum absolute atomic E-state index is 0.362. The Morgan fingerprint density at radius 3 is 0.796 bits per heavy atom. The summed E-state index contributed by atoms with van der Waals surface area (Å²) >= 11 is 0. The first-order valence-corrected chi connectivity index (χ1v) is 22.3. The van der Waals surface area contributed by atoms with Crippen LogP contribution in [0.25, 0.3) is 0 Å². The molecule has 0 fully saturated rings. The summed E-state index contributed by atoms with van der Waals surface area (Å²) in [5, 5.41) is 26.9. The van der Waals surface area contributed by atoms with Crippen molar-refractivity contribution >= 4 is 10.4 Å². The molecule has 49 heavy (non-hydrogen) atoms. The number of aliphatic hydroxyl groups is 3. The summed E-state index contributed by atoms with van der Waals surface area (Å²) in [6, 6.07) is 0. The van der Waals surface area contributed by atoms with Crippen LogP contribution in [0.5, 0.6) is 0 Å². The van der Waals surface area contributed by atoms with E-state index in [9.17, 15) is 13.0 Å². The van der Waals surface area contributed by atoms with Crippen LogP contribution in [-0.4, -0.2) is 58.0 Å². The molecule has 0 amide bonds. The van der Waals surface area contributed by atoms with E-state index in [2.05, 4.69) is 13.8 Å². The minimum Gasteiger partial charge on any atom is -0.379 e. The smallest absolute Gasteiger partial charge is 0.379 e. The van der Waals surface area contributed by atoms with Crippen LogP contribution in [-0.2, 0) is 14.6 Å². The van der Waals surface area contributed by atoms with Gasteiger partial charge < -0.3 is 15.3 Å². The van der Waals surface area contributed by atoms with Gasteiger partial charge in [0.05, 0.1) is 6.10 Å². The fourth-order valence-electron chi connectivity index (χ4n) is 6.66. The van der Waals surface area contributed by atoms with Gasteiger partial charge >= 0.3 is 10.4 Å². The van der Waals surface area contributed by atoms with E-state index in [0.717, 1.165) is 38.5 Å². The Labute approximate surface area is 305 Å². The van der Waals surface area contributed by atoms with Crippen LogP contribution in [0, 0.1) is 0 Å². The molecular formula is C40H85NO7S. The molecule has 0 aliphatic rings. The Kier molecular flexibility index (Phi) is 38.9. The Balaban J connectivity index is 0. The molecule has 0 aliphatic heterocycles. The monoisotopic (exact) mass is 724 g/mol.